The molecule has 8 heteroatoms. The first kappa shape index (κ1) is 14.4. The molecule has 1 amide bonds. The van der Waals surface area contributed by atoms with Gasteiger partial charge in [0, 0.05) is 6.42 Å². The second kappa shape index (κ2) is 6.31. The number of hydrogen-bond acceptors (Lipinski definition) is 5. The summed E-state index contributed by atoms with van der Waals surface area (Å²) in [6.07, 6.45) is -0.204. The van der Waals surface area contributed by atoms with Crippen molar-refractivity contribution in [2.75, 3.05) is 13.2 Å². The second-order valence-electron chi connectivity index (χ2n) is 4.14. The average Bonchev–Trinajstić information content (AvgIpc) is 2.73. The van der Waals surface area contributed by atoms with Crippen LogP contribution in [0.5, 0.6) is 0 Å². The third kappa shape index (κ3) is 3.97. The molecule has 0 aromatic carbocycles. The van der Waals surface area contributed by atoms with Gasteiger partial charge in [-0.3, -0.25) is 14.4 Å². The first-order chi connectivity index (χ1) is 8.41. The molecule has 0 spiro atoms. The largest absolute Gasteiger partial charge is 0.481 e. The van der Waals surface area contributed by atoms with Gasteiger partial charge in [-0.05, 0) is 6.42 Å². The first-order valence-corrected chi connectivity index (χ1v) is 5.50. The number of carbonyl (C=O) groups is 3. The van der Waals surface area contributed by atoms with E-state index in [-0.39, 0.29) is 26.1 Å². The van der Waals surface area contributed by atoms with Crippen LogP contribution >= 0.6 is 0 Å². The summed E-state index contributed by atoms with van der Waals surface area (Å²) in [7, 11) is 0. The van der Waals surface area contributed by atoms with Crippen molar-refractivity contribution >= 4 is 17.8 Å². The lowest BCUT2D eigenvalue weighted by atomic mass is 10.0. The van der Waals surface area contributed by atoms with Gasteiger partial charge in [-0.15, -0.1) is 0 Å². The van der Waals surface area contributed by atoms with Crippen molar-refractivity contribution in [3.63, 3.8) is 0 Å². The van der Waals surface area contributed by atoms with Crippen molar-refractivity contribution in [3.8, 4) is 0 Å². The van der Waals surface area contributed by atoms with Gasteiger partial charge < -0.3 is 26.0 Å². The van der Waals surface area contributed by atoms with Crippen LogP contribution < -0.4 is 11.1 Å². The Labute approximate surface area is 103 Å². The zero-order valence-electron chi connectivity index (χ0n) is 9.67. The molecule has 0 aliphatic carbocycles. The minimum atomic E-state index is -1.04. The predicted octanol–water partition coefficient (Wildman–Crippen LogP) is -1.61. The summed E-state index contributed by atoms with van der Waals surface area (Å²) >= 11 is 0. The van der Waals surface area contributed by atoms with Crippen LogP contribution in [0.15, 0.2) is 0 Å². The van der Waals surface area contributed by atoms with Gasteiger partial charge in [-0.25, -0.2) is 0 Å². The van der Waals surface area contributed by atoms with Crippen LogP contribution in [0.1, 0.15) is 12.8 Å². The van der Waals surface area contributed by atoms with Crippen molar-refractivity contribution in [3.05, 3.63) is 0 Å². The van der Waals surface area contributed by atoms with Gasteiger partial charge in [0.1, 0.15) is 5.92 Å². The highest BCUT2D eigenvalue weighted by molar-refractivity contribution is 5.83. The number of rotatable bonds is 6. The molecule has 1 heterocycles. The minimum Gasteiger partial charge on any atom is -0.481 e. The molecular weight excluding hydrogens is 244 g/mol. The molecule has 1 saturated heterocycles. The molecule has 1 aliphatic rings. The third-order valence-electron chi connectivity index (χ3n) is 2.73. The number of nitrogens with one attached hydrogen (secondary N) is 1. The number of ether oxygens (including phenoxy) is 1. The van der Waals surface area contributed by atoms with Gasteiger partial charge in [0.25, 0.3) is 0 Å². The Bertz CT molecular complexity index is 345. The molecule has 1 aliphatic heterocycles. The molecule has 0 radical (unpaired) electrons. The summed E-state index contributed by atoms with van der Waals surface area (Å²) in [4.78, 5) is 32.8. The number of nitrogens with two attached hydrogens (primary N) is 1. The minimum absolute atomic E-state index is 0.00643. The van der Waals surface area contributed by atoms with Crippen LogP contribution in [0, 0.1) is 5.92 Å². The molecule has 0 saturated carbocycles. The van der Waals surface area contributed by atoms with Crippen molar-refractivity contribution < 1.29 is 29.3 Å². The zero-order chi connectivity index (χ0) is 13.7. The van der Waals surface area contributed by atoms with Crippen LogP contribution in [0.2, 0.25) is 0 Å². The number of aliphatic carboxylic acids is 2. The predicted molar refractivity (Wildman–Crippen MR) is 58.7 cm³/mol. The SMILES string of the molecule is NC(CCC(=O)O)C(=O)NC1COCC1C(=O)O. The molecule has 0 bridgehead atoms. The summed E-state index contributed by atoms with van der Waals surface area (Å²) in [5.41, 5.74) is 5.50. The normalized spacial score (nSPS) is 24.5. The van der Waals surface area contributed by atoms with Crippen LogP contribution in [0.3, 0.4) is 0 Å². The maximum Gasteiger partial charge on any atom is 0.311 e. The molecule has 0 aromatic rings. The van der Waals surface area contributed by atoms with Gasteiger partial charge in [-0.1, -0.05) is 0 Å². The third-order valence-corrected chi connectivity index (χ3v) is 2.73. The smallest absolute Gasteiger partial charge is 0.311 e. The van der Waals surface area contributed by atoms with Crippen LogP contribution in [0.25, 0.3) is 0 Å². The van der Waals surface area contributed by atoms with Crippen LogP contribution in [-0.2, 0) is 19.1 Å². The average molecular weight is 260 g/mol. The van der Waals surface area contributed by atoms with E-state index in [1.54, 1.807) is 0 Å². The Morgan fingerprint density at radius 2 is 2.00 bits per heavy atom. The lowest BCUT2D eigenvalue weighted by molar-refractivity contribution is -0.142. The van der Waals surface area contributed by atoms with E-state index in [9.17, 15) is 14.4 Å². The van der Waals surface area contributed by atoms with E-state index in [2.05, 4.69) is 5.32 Å². The highest BCUT2D eigenvalue weighted by atomic mass is 16.5. The molecule has 3 atom stereocenters. The summed E-state index contributed by atoms with van der Waals surface area (Å²) in [5, 5.41) is 19.8. The molecule has 102 valence electrons. The molecule has 8 nitrogen and oxygen atoms in total. The lowest BCUT2D eigenvalue weighted by Gasteiger charge is -2.18. The fraction of sp³-hybridized carbons (Fsp3) is 0.700. The summed E-state index contributed by atoms with van der Waals surface area (Å²) in [6, 6.07) is -1.58. The van der Waals surface area contributed by atoms with E-state index >= 15 is 0 Å². The Morgan fingerprint density at radius 1 is 1.33 bits per heavy atom. The number of carbonyl (C=O) groups excluding carboxylic acids is 1. The Morgan fingerprint density at radius 3 is 2.56 bits per heavy atom. The van der Waals surface area contributed by atoms with Gasteiger partial charge in [0.15, 0.2) is 0 Å². The Balaban J connectivity index is 2.43. The Hall–Kier alpha value is -1.67. The number of carboxylic acids is 2. The zero-order valence-corrected chi connectivity index (χ0v) is 9.67. The number of hydrogen-bond donors (Lipinski definition) is 4. The molecule has 0 aromatic heterocycles. The van der Waals surface area contributed by atoms with E-state index < -0.39 is 35.8 Å². The molecule has 18 heavy (non-hydrogen) atoms. The Kier molecular flexibility index (Phi) is 5.05. The highest BCUT2D eigenvalue weighted by Gasteiger charge is 2.35. The fourth-order valence-corrected chi connectivity index (χ4v) is 1.64. The van der Waals surface area contributed by atoms with Crippen LogP contribution in [-0.4, -0.2) is 53.4 Å². The summed E-state index contributed by atoms with van der Waals surface area (Å²) < 4.78 is 4.98. The number of amides is 1. The molecule has 5 N–H and O–H groups in total. The fourth-order valence-electron chi connectivity index (χ4n) is 1.64. The van der Waals surface area contributed by atoms with E-state index in [0.29, 0.717) is 0 Å². The molecular formula is C10H16N2O6. The van der Waals surface area contributed by atoms with Gasteiger partial charge >= 0.3 is 11.9 Å². The van der Waals surface area contributed by atoms with Gasteiger partial charge in [-0.2, -0.15) is 0 Å². The first-order valence-electron chi connectivity index (χ1n) is 5.50. The topological polar surface area (TPSA) is 139 Å². The van der Waals surface area contributed by atoms with Gasteiger partial charge in [0.2, 0.25) is 5.91 Å². The maximum absolute atomic E-state index is 11.6. The van der Waals surface area contributed by atoms with Crippen molar-refractivity contribution in [2.24, 2.45) is 11.7 Å². The van der Waals surface area contributed by atoms with Crippen LogP contribution in [0.4, 0.5) is 0 Å². The van der Waals surface area contributed by atoms with Crippen molar-refractivity contribution in [1.82, 2.24) is 5.32 Å². The lowest BCUT2D eigenvalue weighted by Crippen LogP contribution is -2.49. The molecule has 3 unspecified atom stereocenters. The van der Waals surface area contributed by atoms with Crippen molar-refractivity contribution in [2.45, 2.75) is 24.9 Å². The van der Waals surface area contributed by atoms with Gasteiger partial charge in [0.05, 0.1) is 25.3 Å². The van der Waals surface area contributed by atoms with E-state index in [0.717, 1.165) is 0 Å². The van der Waals surface area contributed by atoms with E-state index in [4.69, 9.17) is 20.7 Å². The molecule has 1 rings (SSSR count). The van der Waals surface area contributed by atoms with E-state index in [1.165, 1.54) is 0 Å². The summed E-state index contributed by atoms with van der Waals surface area (Å²) in [5.74, 6) is -3.43. The second-order valence-corrected chi connectivity index (χ2v) is 4.14. The maximum atomic E-state index is 11.6. The monoisotopic (exact) mass is 260 g/mol. The molecule has 1 fully saturated rings. The summed E-state index contributed by atoms with van der Waals surface area (Å²) in [6.45, 7) is 0.166. The van der Waals surface area contributed by atoms with Crippen molar-refractivity contribution in [1.29, 1.82) is 0 Å². The quantitative estimate of drug-likeness (QED) is 0.450. The number of carboxylic acid groups (broad SMARTS) is 2. The van der Waals surface area contributed by atoms with E-state index in [1.807, 2.05) is 0 Å². The standard InChI is InChI=1S/C10H16N2O6/c11-6(1-2-8(13)14)9(15)12-7-4-18-3-5(7)10(16)17/h5-7H,1-4,11H2,(H,12,15)(H,13,14)(H,16,17). The highest BCUT2D eigenvalue weighted by Crippen LogP contribution is 2.14.